The third kappa shape index (κ3) is 5.56. The summed E-state index contributed by atoms with van der Waals surface area (Å²) in [4.78, 5) is 12.8. The van der Waals surface area contributed by atoms with Crippen molar-refractivity contribution in [2.24, 2.45) is 10.2 Å². The number of amides is 1. The first-order chi connectivity index (χ1) is 16.3. The van der Waals surface area contributed by atoms with Crippen LogP contribution in [-0.4, -0.2) is 32.9 Å². The van der Waals surface area contributed by atoms with E-state index in [4.69, 9.17) is 0 Å². The van der Waals surface area contributed by atoms with Crippen LogP contribution in [0, 0.1) is 19.7 Å². The first-order valence-corrected chi connectivity index (χ1v) is 12.1. The van der Waals surface area contributed by atoms with Gasteiger partial charge in [0.1, 0.15) is 5.82 Å². The standard InChI is InChI=1S/C24H21F3N4OS2/c1-14-11-17(15(2)31(14)20-6-4-3-5-19(20)25)13-28-30-24-29-22(32)21(34-24)12-16-7-9-18(10-8-16)33-23(26)27/h3-11,13,21,23H,12H2,1-2H3,(H,29,30,32)/b28-13-/t21-/m1/s1. The second-order valence-electron chi connectivity index (χ2n) is 7.59. The quantitative estimate of drug-likeness (QED) is 0.256. The molecule has 10 heteroatoms. The molecule has 0 spiro atoms. The Bertz CT molecular complexity index is 1260. The van der Waals surface area contributed by atoms with Crippen LogP contribution in [0.25, 0.3) is 5.69 Å². The van der Waals surface area contributed by atoms with E-state index < -0.39 is 5.76 Å². The van der Waals surface area contributed by atoms with Gasteiger partial charge in [-0.1, -0.05) is 47.8 Å². The van der Waals surface area contributed by atoms with Crippen molar-refractivity contribution in [1.82, 2.24) is 9.88 Å². The van der Waals surface area contributed by atoms with Gasteiger partial charge in [-0.05, 0) is 56.2 Å². The summed E-state index contributed by atoms with van der Waals surface area (Å²) < 4.78 is 41.0. The van der Waals surface area contributed by atoms with E-state index in [1.54, 1.807) is 48.7 Å². The summed E-state index contributed by atoms with van der Waals surface area (Å²) in [6.07, 6.45) is 2.02. The van der Waals surface area contributed by atoms with Gasteiger partial charge in [0.15, 0.2) is 5.17 Å². The van der Waals surface area contributed by atoms with Gasteiger partial charge in [0.2, 0.25) is 5.91 Å². The monoisotopic (exact) mass is 502 g/mol. The van der Waals surface area contributed by atoms with E-state index in [9.17, 15) is 18.0 Å². The van der Waals surface area contributed by atoms with Crippen molar-refractivity contribution in [3.63, 3.8) is 0 Å². The zero-order chi connectivity index (χ0) is 24.2. The summed E-state index contributed by atoms with van der Waals surface area (Å²) in [6, 6.07) is 15.2. The number of aryl methyl sites for hydroxylation is 1. The van der Waals surface area contributed by atoms with Crippen molar-refractivity contribution < 1.29 is 18.0 Å². The third-order valence-corrected chi connectivity index (χ3v) is 7.05. The van der Waals surface area contributed by atoms with Crippen LogP contribution in [0.1, 0.15) is 22.5 Å². The molecule has 1 aliphatic heterocycles. The van der Waals surface area contributed by atoms with E-state index in [0.717, 1.165) is 22.5 Å². The molecule has 1 aliphatic rings. The molecule has 0 aliphatic carbocycles. The van der Waals surface area contributed by atoms with Crippen molar-refractivity contribution in [3.8, 4) is 5.69 Å². The van der Waals surface area contributed by atoms with Crippen molar-refractivity contribution in [2.45, 2.75) is 36.2 Å². The number of nitrogens with zero attached hydrogens (tertiary/aromatic N) is 3. The Hall–Kier alpha value is -2.98. The number of benzene rings is 2. The molecule has 0 unspecified atom stereocenters. The number of rotatable bonds is 7. The van der Waals surface area contributed by atoms with Crippen molar-refractivity contribution in [1.29, 1.82) is 0 Å². The molecule has 1 aromatic heterocycles. The minimum atomic E-state index is -2.47. The lowest BCUT2D eigenvalue weighted by atomic mass is 10.1. The third-order valence-electron chi connectivity index (χ3n) is 5.26. The number of hydrogen-bond donors (Lipinski definition) is 1. The Labute approximate surface area is 203 Å². The molecule has 2 aromatic carbocycles. The molecule has 4 rings (SSSR count). The Morgan fingerprint density at radius 3 is 2.62 bits per heavy atom. The molecule has 1 atom stereocenters. The van der Waals surface area contributed by atoms with Gasteiger partial charge >= 0.3 is 0 Å². The summed E-state index contributed by atoms with van der Waals surface area (Å²) in [5, 5.41) is 11.0. The van der Waals surface area contributed by atoms with Crippen molar-refractivity contribution >= 4 is 40.8 Å². The molecule has 0 bridgehead atoms. The van der Waals surface area contributed by atoms with Gasteiger partial charge in [-0.3, -0.25) is 4.79 Å². The predicted octanol–water partition coefficient (Wildman–Crippen LogP) is 5.71. The fraction of sp³-hybridized carbons (Fsp3) is 0.208. The van der Waals surface area contributed by atoms with Crippen LogP contribution in [0.3, 0.4) is 0 Å². The molecule has 1 fully saturated rings. The highest BCUT2D eigenvalue weighted by molar-refractivity contribution is 8.15. The molecule has 5 nitrogen and oxygen atoms in total. The second kappa shape index (κ2) is 10.5. The minimum Gasteiger partial charge on any atom is -0.315 e. The van der Waals surface area contributed by atoms with E-state index in [1.807, 2.05) is 24.5 Å². The Balaban J connectivity index is 1.42. The van der Waals surface area contributed by atoms with Gasteiger partial charge in [-0.15, -0.1) is 5.10 Å². The van der Waals surface area contributed by atoms with Crippen LogP contribution >= 0.6 is 23.5 Å². The Kier molecular flexibility index (Phi) is 7.47. The summed E-state index contributed by atoms with van der Waals surface area (Å²) in [5.74, 6) is -2.96. The van der Waals surface area contributed by atoms with Gasteiger partial charge in [0.05, 0.1) is 17.2 Å². The zero-order valence-electron chi connectivity index (χ0n) is 18.3. The molecule has 3 aromatic rings. The highest BCUT2D eigenvalue weighted by Crippen LogP contribution is 2.28. The molecule has 0 saturated carbocycles. The maximum atomic E-state index is 14.2. The number of aromatic nitrogens is 1. The van der Waals surface area contributed by atoms with Crippen LogP contribution in [-0.2, 0) is 11.2 Å². The summed E-state index contributed by atoms with van der Waals surface area (Å²) in [7, 11) is 0. The van der Waals surface area contributed by atoms with Crippen LogP contribution in [0.2, 0.25) is 0 Å². The zero-order valence-corrected chi connectivity index (χ0v) is 20.0. The molecule has 2 heterocycles. The van der Waals surface area contributed by atoms with Crippen LogP contribution in [0.15, 0.2) is 69.7 Å². The first-order valence-electron chi connectivity index (χ1n) is 10.4. The number of halogens is 3. The van der Waals surface area contributed by atoms with E-state index in [0.29, 0.717) is 33.9 Å². The fourth-order valence-corrected chi connectivity index (χ4v) is 5.14. The number of nitrogens with one attached hydrogen (secondary N) is 1. The van der Waals surface area contributed by atoms with Crippen molar-refractivity contribution in [2.75, 3.05) is 0 Å². The minimum absolute atomic E-state index is 0.178. The van der Waals surface area contributed by atoms with Crippen LogP contribution in [0.4, 0.5) is 13.2 Å². The first kappa shape index (κ1) is 24.2. The van der Waals surface area contributed by atoms with Gasteiger partial charge in [-0.2, -0.15) is 13.9 Å². The molecule has 1 N–H and O–H groups in total. The maximum absolute atomic E-state index is 14.2. The van der Waals surface area contributed by atoms with Crippen LogP contribution < -0.4 is 5.32 Å². The number of carbonyl (C=O) groups excluding carboxylic acids is 1. The van der Waals surface area contributed by atoms with Crippen LogP contribution in [0.5, 0.6) is 0 Å². The average molecular weight is 503 g/mol. The maximum Gasteiger partial charge on any atom is 0.288 e. The van der Waals surface area contributed by atoms with Gasteiger partial charge in [0, 0.05) is 21.8 Å². The highest BCUT2D eigenvalue weighted by atomic mass is 32.2. The van der Waals surface area contributed by atoms with Gasteiger partial charge in [-0.25, -0.2) is 4.39 Å². The number of hydrogen-bond acceptors (Lipinski definition) is 5. The summed E-state index contributed by atoms with van der Waals surface area (Å²) in [6.45, 7) is 3.76. The van der Waals surface area contributed by atoms with Gasteiger partial charge < -0.3 is 9.88 Å². The number of alkyl halides is 2. The van der Waals surface area contributed by atoms with Crippen molar-refractivity contribution in [3.05, 3.63) is 82.9 Å². The lowest BCUT2D eigenvalue weighted by Crippen LogP contribution is -2.25. The van der Waals surface area contributed by atoms with E-state index >= 15 is 0 Å². The van der Waals surface area contributed by atoms with E-state index in [2.05, 4.69) is 15.5 Å². The van der Waals surface area contributed by atoms with E-state index in [-0.39, 0.29) is 17.0 Å². The summed E-state index contributed by atoms with van der Waals surface area (Å²) >= 11 is 1.76. The Morgan fingerprint density at radius 2 is 1.91 bits per heavy atom. The lowest BCUT2D eigenvalue weighted by Gasteiger charge is -2.10. The molecule has 176 valence electrons. The second-order valence-corrected chi connectivity index (χ2v) is 9.84. The number of amidine groups is 1. The largest absolute Gasteiger partial charge is 0.315 e. The predicted molar refractivity (Wildman–Crippen MR) is 132 cm³/mol. The van der Waals surface area contributed by atoms with E-state index in [1.165, 1.54) is 17.8 Å². The molecule has 34 heavy (non-hydrogen) atoms. The number of thioether (sulfide) groups is 2. The number of para-hydroxylation sites is 1. The molecule has 1 amide bonds. The fourth-order valence-electron chi connectivity index (χ4n) is 3.67. The smallest absolute Gasteiger partial charge is 0.288 e. The normalized spacial score (nSPS) is 17.3. The van der Waals surface area contributed by atoms with Gasteiger partial charge in [0.25, 0.3) is 5.76 Å². The molecule has 1 saturated heterocycles. The lowest BCUT2D eigenvalue weighted by molar-refractivity contribution is -0.118. The summed E-state index contributed by atoms with van der Waals surface area (Å²) in [5.41, 5.74) is 3.80. The topological polar surface area (TPSA) is 58.8 Å². The molecular formula is C24H21F3N4OS2. The SMILES string of the molecule is Cc1cc(/C=N\N=C2\NC(=O)[C@@H](Cc3ccc(SC(F)F)cc3)S2)c(C)n1-c1ccccc1F. The average Bonchev–Trinajstić information content (AvgIpc) is 3.27. The Morgan fingerprint density at radius 1 is 1.18 bits per heavy atom. The highest BCUT2D eigenvalue weighted by Gasteiger charge is 2.30. The number of carbonyl (C=O) groups is 1. The molecule has 0 radical (unpaired) electrons. The molecular weight excluding hydrogens is 481 g/mol.